The number of anilines is 3. The van der Waals surface area contributed by atoms with Crippen molar-refractivity contribution in [3.63, 3.8) is 0 Å². The molecule has 0 bridgehead atoms. The fraction of sp³-hybridized carbons (Fsp3) is 0.182. The van der Waals surface area contributed by atoms with Gasteiger partial charge in [0.2, 0.25) is 0 Å². The molecule has 0 aliphatic heterocycles. The van der Waals surface area contributed by atoms with Crippen molar-refractivity contribution >= 4 is 23.0 Å². The lowest BCUT2D eigenvalue weighted by Gasteiger charge is -2.13. The van der Waals surface area contributed by atoms with Gasteiger partial charge in [-0.1, -0.05) is 18.2 Å². The Morgan fingerprint density at radius 3 is 2.50 bits per heavy atom. The maximum atomic E-state index is 12.6. The van der Waals surface area contributed by atoms with Gasteiger partial charge >= 0.3 is 0 Å². The van der Waals surface area contributed by atoms with Crippen molar-refractivity contribution in [3.8, 4) is 5.75 Å². The smallest absolute Gasteiger partial charge is 0.257 e. The summed E-state index contributed by atoms with van der Waals surface area (Å²) in [6.45, 7) is 0.572. The van der Waals surface area contributed by atoms with Crippen LogP contribution in [0.2, 0.25) is 0 Å². The number of methoxy groups -OCH3 is 1. The first-order chi connectivity index (χ1) is 13.6. The SMILES string of the molecule is COc1ccccc1CNc1cncc(C(=O)Nc2ccc(N(C)C)cc2)c1. The van der Waals surface area contributed by atoms with Crippen LogP contribution >= 0.6 is 0 Å². The second-order valence-electron chi connectivity index (χ2n) is 6.52. The Morgan fingerprint density at radius 2 is 1.79 bits per heavy atom. The Morgan fingerprint density at radius 1 is 1.04 bits per heavy atom. The Labute approximate surface area is 165 Å². The lowest BCUT2D eigenvalue weighted by molar-refractivity contribution is 0.102. The number of aromatic nitrogens is 1. The van der Waals surface area contributed by atoms with E-state index in [-0.39, 0.29) is 5.91 Å². The molecule has 0 unspecified atom stereocenters. The predicted octanol–water partition coefficient (Wildman–Crippen LogP) is 4.02. The summed E-state index contributed by atoms with van der Waals surface area (Å²) in [6.07, 6.45) is 3.25. The molecule has 6 nitrogen and oxygen atoms in total. The average Bonchev–Trinajstić information content (AvgIpc) is 2.73. The number of carbonyl (C=O) groups is 1. The molecule has 1 heterocycles. The van der Waals surface area contributed by atoms with Crippen molar-refractivity contribution in [2.75, 3.05) is 36.7 Å². The zero-order valence-corrected chi connectivity index (χ0v) is 16.3. The van der Waals surface area contributed by atoms with E-state index in [1.54, 1.807) is 25.6 Å². The Kier molecular flexibility index (Phi) is 6.11. The first-order valence-electron chi connectivity index (χ1n) is 8.96. The minimum atomic E-state index is -0.203. The monoisotopic (exact) mass is 376 g/mol. The molecule has 1 aromatic heterocycles. The van der Waals surface area contributed by atoms with Gasteiger partial charge in [0.25, 0.3) is 5.91 Å². The van der Waals surface area contributed by atoms with Gasteiger partial charge in [0.05, 0.1) is 18.4 Å². The van der Waals surface area contributed by atoms with Gasteiger partial charge in [-0.15, -0.1) is 0 Å². The van der Waals surface area contributed by atoms with E-state index in [1.807, 2.05) is 67.5 Å². The van der Waals surface area contributed by atoms with E-state index < -0.39 is 0 Å². The third-order valence-electron chi connectivity index (χ3n) is 4.32. The molecule has 0 atom stereocenters. The van der Waals surface area contributed by atoms with E-state index in [4.69, 9.17) is 4.74 Å². The molecule has 0 saturated heterocycles. The molecule has 6 heteroatoms. The maximum Gasteiger partial charge on any atom is 0.257 e. The van der Waals surface area contributed by atoms with Gasteiger partial charge in [-0.25, -0.2) is 0 Å². The van der Waals surface area contributed by atoms with E-state index in [1.165, 1.54) is 0 Å². The van der Waals surface area contributed by atoms with Crippen LogP contribution in [0, 0.1) is 0 Å². The number of para-hydroxylation sites is 1. The largest absolute Gasteiger partial charge is 0.496 e. The lowest BCUT2D eigenvalue weighted by Crippen LogP contribution is -2.13. The van der Waals surface area contributed by atoms with Crippen LogP contribution in [0.1, 0.15) is 15.9 Å². The highest BCUT2D eigenvalue weighted by Crippen LogP contribution is 2.20. The number of benzene rings is 2. The quantitative estimate of drug-likeness (QED) is 0.652. The van der Waals surface area contributed by atoms with Crippen molar-refractivity contribution in [2.24, 2.45) is 0 Å². The second kappa shape index (κ2) is 8.90. The first-order valence-corrected chi connectivity index (χ1v) is 8.96. The standard InChI is InChI=1S/C22H24N4O2/c1-26(2)20-10-8-18(9-11-20)25-22(27)17-12-19(15-23-13-17)24-14-16-6-4-5-7-21(16)28-3/h4-13,15,24H,14H2,1-3H3,(H,25,27). The molecule has 3 aromatic rings. The molecule has 2 N–H and O–H groups in total. The summed E-state index contributed by atoms with van der Waals surface area (Å²) in [5, 5.41) is 6.19. The van der Waals surface area contributed by atoms with Gasteiger partial charge < -0.3 is 20.3 Å². The number of nitrogens with zero attached hydrogens (tertiary/aromatic N) is 2. The van der Waals surface area contributed by atoms with E-state index >= 15 is 0 Å². The molecular weight excluding hydrogens is 352 g/mol. The molecule has 3 rings (SSSR count). The Hall–Kier alpha value is -3.54. The van der Waals surface area contributed by atoms with Crippen LogP contribution in [0.3, 0.4) is 0 Å². The van der Waals surface area contributed by atoms with Crippen molar-refractivity contribution in [3.05, 3.63) is 78.1 Å². The van der Waals surface area contributed by atoms with Crippen molar-refractivity contribution in [1.82, 2.24) is 4.98 Å². The lowest BCUT2D eigenvalue weighted by atomic mass is 10.2. The third kappa shape index (κ3) is 4.79. The normalized spacial score (nSPS) is 10.2. The minimum absolute atomic E-state index is 0.203. The van der Waals surface area contributed by atoms with Gasteiger partial charge in [0.1, 0.15) is 5.75 Å². The van der Waals surface area contributed by atoms with E-state index in [9.17, 15) is 4.79 Å². The number of rotatable bonds is 7. The minimum Gasteiger partial charge on any atom is -0.496 e. The van der Waals surface area contributed by atoms with E-state index in [0.717, 1.165) is 28.4 Å². The number of ether oxygens (including phenoxy) is 1. The van der Waals surface area contributed by atoms with Gasteiger partial charge in [-0.2, -0.15) is 0 Å². The molecule has 0 spiro atoms. The predicted molar refractivity (Wildman–Crippen MR) is 113 cm³/mol. The summed E-state index contributed by atoms with van der Waals surface area (Å²) in [7, 11) is 5.60. The summed E-state index contributed by atoms with van der Waals surface area (Å²) in [6, 6.07) is 17.3. The van der Waals surface area contributed by atoms with Crippen LogP contribution in [-0.2, 0) is 6.54 Å². The summed E-state index contributed by atoms with van der Waals surface area (Å²) < 4.78 is 5.36. The second-order valence-corrected chi connectivity index (χ2v) is 6.52. The first kappa shape index (κ1) is 19.2. The fourth-order valence-electron chi connectivity index (χ4n) is 2.75. The molecular formula is C22H24N4O2. The van der Waals surface area contributed by atoms with Crippen molar-refractivity contribution in [2.45, 2.75) is 6.54 Å². The van der Waals surface area contributed by atoms with E-state index in [0.29, 0.717) is 12.1 Å². The average molecular weight is 376 g/mol. The summed E-state index contributed by atoms with van der Waals surface area (Å²) in [4.78, 5) is 18.7. The van der Waals surface area contributed by atoms with Crippen molar-refractivity contribution in [1.29, 1.82) is 0 Å². The highest BCUT2D eigenvalue weighted by Gasteiger charge is 2.09. The summed E-state index contributed by atoms with van der Waals surface area (Å²) in [5.41, 5.74) is 4.09. The van der Waals surface area contributed by atoms with Gasteiger partial charge in [-0.3, -0.25) is 9.78 Å². The Balaban J connectivity index is 1.66. The zero-order chi connectivity index (χ0) is 19.9. The highest BCUT2D eigenvalue weighted by atomic mass is 16.5. The van der Waals surface area contributed by atoms with Gasteiger partial charge in [0, 0.05) is 50.0 Å². The van der Waals surface area contributed by atoms with Crippen LogP contribution < -0.4 is 20.3 Å². The van der Waals surface area contributed by atoms with Crippen LogP contribution in [0.4, 0.5) is 17.1 Å². The molecule has 0 radical (unpaired) electrons. The van der Waals surface area contributed by atoms with Crippen LogP contribution in [0.15, 0.2) is 67.0 Å². The number of pyridine rings is 1. The number of carbonyl (C=O) groups excluding carboxylic acids is 1. The maximum absolute atomic E-state index is 12.6. The van der Waals surface area contributed by atoms with Gasteiger partial charge in [0.15, 0.2) is 0 Å². The third-order valence-corrected chi connectivity index (χ3v) is 4.32. The molecule has 0 aliphatic rings. The molecule has 28 heavy (non-hydrogen) atoms. The van der Waals surface area contributed by atoms with Gasteiger partial charge in [-0.05, 0) is 36.4 Å². The topological polar surface area (TPSA) is 66.5 Å². The van der Waals surface area contributed by atoms with Crippen LogP contribution in [0.5, 0.6) is 5.75 Å². The molecule has 0 saturated carbocycles. The van der Waals surface area contributed by atoms with E-state index in [2.05, 4.69) is 15.6 Å². The van der Waals surface area contributed by atoms with Crippen LogP contribution in [-0.4, -0.2) is 32.1 Å². The highest BCUT2D eigenvalue weighted by molar-refractivity contribution is 6.04. The molecule has 0 aliphatic carbocycles. The molecule has 1 amide bonds. The number of hydrogen-bond acceptors (Lipinski definition) is 5. The molecule has 144 valence electrons. The molecule has 0 fully saturated rings. The number of hydrogen-bond donors (Lipinski definition) is 2. The fourth-order valence-corrected chi connectivity index (χ4v) is 2.75. The summed E-state index contributed by atoms with van der Waals surface area (Å²) >= 11 is 0. The number of amides is 1. The van der Waals surface area contributed by atoms with Crippen LogP contribution in [0.25, 0.3) is 0 Å². The zero-order valence-electron chi connectivity index (χ0n) is 16.3. The van der Waals surface area contributed by atoms with Crippen molar-refractivity contribution < 1.29 is 9.53 Å². The number of nitrogens with one attached hydrogen (secondary N) is 2. The molecule has 2 aromatic carbocycles. The summed E-state index contributed by atoms with van der Waals surface area (Å²) in [5.74, 6) is 0.615. The Bertz CT molecular complexity index is 939.